The van der Waals surface area contributed by atoms with Gasteiger partial charge in [0.05, 0.1) is 11.6 Å². The van der Waals surface area contributed by atoms with Crippen molar-refractivity contribution in [1.29, 1.82) is 0 Å². The van der Waals surface area contributed by atoms with Gasteiger partial charge in [-0.1, -0.05) is 0 Å². The molecule has 0 bridgehead atoms. The molecule has 2 aromatic heterocycles. The van der Waals surface area contributed by atoms with E-state index in [1.807, 2.05) is 0 Å². The van der Waals surface area contributed by atoms with Gasteiger partial charge in [0.1, 0.15) is 0 Å². The molecule has 84 valence electrons. The molecule has 16 heavy (non-hydrogen) atoms. The second-order valence-electron chi connectivity index (χ2n) is 3.11. The number of rotatable bonds is 3. The van der Waals surface area contributed by atoms with Gasteiger partial charge in [-0.05, 0) is 6.07 Å². The number of hydrogen-bond acceptors (Lipinski definition) is 4. The highest BCUT2D eigenvalue weighted by Crippen LogP contribution is 2.17. The molecule has 0 aliphatic rings. The summed E-state index contributed by atoms with van der Waals surface area (Å²) in [5.74, 6) is 0.0757. The van der Waals surface area contributed by atoms with Crippen LogP contribution in [0, 0.1) is 0 Å². The first-order chi connectivity index (χ1) is 7.69. The zero-order valence-corrected chi connectivity index (χ0v) is 10.0. The number of aryl methyl sites for hydroxylation is 1. The average Bonchev–Trinajstić information content (AvgIpc) is 2.87. The fourth-order valence-electron chi connectivity index (χ4n) is 1.12. The Morgan fingerprint density at radius 1 is 1.69 bits per heavy atom. The topological polar surface area (TPSA) is 59.8 Å². The van der Waals surface area contributed by atoms with Crippen LogP contribution in [0.2, 0.25) is 0 Å². The fraction of sp³-hybridized carbons (Fsp3) is 0.222. The second-order valence-corrected chi connectivity index (χ2v) is 4.23. The number of anilines is 1. The van der Waals surface area contributed by atoms with Crippen molar-refractivity contribution in [3.63, 3.8) is 0 Å². The first kappa shape index (κ1) is 11.1. The molecule has 2 heterocycles. The number of amides is 1. The van der Waals surface area contributed by atoms with Gasteiger partial charge in [-0.15, -0.1) is 22.9 Å². The fourth-order valence-corrected chi connectivity index (χ4v) is 2.06. The van der Waals surface area contributed by atoms with Crippen LogP contribution in [0.3, 0.4) is 0 Å². The number of nitrogens with zero attached hydrogens (tertiary/aromatic N) is 3. The van der Waals surface area contributed by atoms with Crippen molar-refractivity contribution in [1.82, 2.24) is 14.8 Å². The number of alkyl halides is 1. The van der Waals surface area contributed by atoms with Crippen molar-refractivity contribution in [2.45, 2.75) is 5.88 Å². The van der Waals surface area contributed by atoms with Gasteiger partial charge >= 0.3 is 0 Å². The Morgan fingerprint density at radius 3 is 3.06 bits per heavy atom. The van der Waals surface area contributed by atoms with E-state index in [2.05, 4.69) is 15.4 Å². The average molecular weight is 257 g/mol. The number of thiazole rings is 1. The van der Waals surface area contributed by atoms with Crippen LogP contribution < -0.4 is 5.32 Å². The molecule has 0 aliphatic carbocycles. The van der Waals surface area contributed by atoms with Crippen molar-refractivity contribution in [2.24, 2.45) is 7.05 Å². The van der Waals surface area contributed by atoms with E-state index in [1.165, 1.54) is 11.3 Å². The van der Waals surface area contributed by atoms with Crippen molar-refractivity contribution >= 4 is 34.0 Å². The van der Waals surface area contributed by atoms with E-state index in [0.29, 0.717) is 16.7 Å². The van der Waals surface area contributed by atoms with E-state index in [0.717, 1.165) is 5.69 Å². The molecule has 1 N–H and O–H groups in total. The standard InChI is InChI=1S/C9H9ClN4OS/c1-14-3-2-7(13-14)8(15)12-9-11-6(4-10)5-16-9/h2-3,5H,4H2,1H3,(H,11,12,15). The maximum Gasteiger partial charge on any atom is 0.277 e. The maximum atomic E-state index is 11.7. The number of carbonyl (C=O) groups is 1. The first-order valence-corrected chi connectivity index (χ1v) is 5.92. The highest BCUT2D eigenvalue weighted by molar-refractivity contribution is 7.14. The van der Waals surface area contributed by atoms with Gasteiger partial charge in [0.25, 0.3) is 5.91 Å². The number of carbonyl (C=O) groups excluding carboxylic acids is 1. The lowest BCUT2D eigenvalue weighted by Gasteiger charge is -1.96. The van der Waals surface area contributed by atoms with E-state index in [-0.39, 0.29) is 5.91 Å². The number of halogens is 1. The minimum atomic E-state index is -0.268. The van der Waals surface area contributed by atoms with Crippen LogP contribution in [-0.2, 0) is 12.9 Å². The summed E-state index contributed by atoms with van der Waals surface area (Å²) >= 11 is 6.95. The second kappa shape index (κ2) is 4.63. The van der Waals surface area contributed by atoms with Crippen LogP contribution in [0.1, 0.15) is 16.2 Å². The monoisotopic (exact) mass is 256 g/mol. The molecule has 0 saturated heterocycles. The normalized spacial score (nSPS) is 10.4. The van der Waals surface area contributed by atoms with Gasteiger partial charge in [-0.2, -0.15) is 5.10 Å². The predicted octanol–water partition coefficient (Wildman–Crippen LogP) is 1.87. The van der Waals surface area contributed by atoms with Crippen molar-refractivity contribution in [2.75, 3.05) is 5.32 Å². The summed E-state index contributed by atoms with van der Waals surface area (Å²) in [6, 6.07) is 1.64. The summed E-state index contributed by atoms with van der Waals surface area (Å²) in [5.41, 5.74) is 1.12. The van der Waals surface area contributed by atoms with E-state index < -0.39 is 0 Å². The third-order valence-corrected chi connectivity index (χ3v) is 2.94. The third-order valence-electron chi connectivity index (χ3n) is 1.86. The Morgan fingerprint density at radius 2 is 2.50 bits per heavy atom. The molecule has 0 radical (unpaired) electrons. The number of aromatic nitrogens is 3. The van der Waals surface area contributed by atoms with E-state index in [4.69, 9.17) is 11.6 Å². The number of nitrogens with one attached hydrogen (secondary N) is 1. The van der Waals surface area contributed by atoms with E-state index in [1.54, 1.807) is 29.4 Å². The smallest absolute Gasteiger partial charge is 0.277 e. The summed E-state index contributed by atoms with van der Waals surface area (Å²) in [4.78, 5) is 15.8. The first-order valence-electron chi connectivity index (χ1n) is 4.50. The summed E-state index contributed by atoms with van der Waals surface area (Å²) in [5, 5.41) is 8.99. The van der Waals surface area contributed by atoms with Gasteiger partial charge in [0.2, 0.25) is 0 Å². The van der Waals surface area contributed by atoms with Crippen molar-refractivity contribution in [3.8, 4) is 0 Å². The highest BCUT2D eigenvalue weighted by atomic mass is 35.5. The summed E-state index contributed by atoms with van der Waals surface area (Å²) in [6.07, 6.45) is 1.71. The minimum Gasteiger partial charge on any atom is -0.296 e. The van der Waals surface area contributed by atoms with Crippen LogP contribution in [-0.4, -0.2) is 20.7 Å². The molecule has 7 heteroatoms. The zero-order valence-electron chi connectivity index (χ0n) is 8.48. The van der Waals surface area contributed by atoms with Crippen LogP contribution in [0.25, 0.3) is 0 Å². The predicted molar refractivity (Wildman–Crippen MR) is 62.8 cm³/mol. The molecule has 0 fully saturated rings. The Labute approximate surface area is 101 Å². The van der Waals surface area contributed by atoms with Crippen LogP contribution in [0.5, 0.6) is 0 Å². The Kier molecular flexibility index (Phi) is 3.21. The molecule has 0 unspecified atom stereocenters. The van der Waals surface area contributed by atoms with Gasteiger partial charge in [-0.25, -0.2) is 4.98 Å². The van der Waals surface area contributed by atoms with Gasteiger partial charge in [0, 0.05) is 18.6 Å². The molecular formula is C9H9ClN4OS. The van der Waals surface area contributed by atoms with Crippen LogP contribution in [0.15, 0.2) is 17.6 Å². The summed E-state index contributed by atoms with van der Waals surface area (Å²) < 4.78 is 1.57. The molecule has 5 nitrogen and oxygen atoms in total. The van der Waals surface area contributed by atoms with E-state index in [9.17, 15) is 4.79 Å². The molecule has 0 saturated carbocycles. The quantitative estimate of drug-likeness (QED) is 0.853. The van der Waals surface area contributed by atoms with Crippen molar-refractivity contribution in [3.05, 3.63) is 29.0 Å². The lowest BCUT2D eigenvalue weighted by atomic mass is 10.4. The Bertz CT molecular complexity index is 507. The molecule has 0 atom stereocenters. The maximum absolute atomic E-state index is 11.7. The van der Waals surface area contributed by atoms with Gasteiger partial charge < -0.3 is 0 Å². The molecule has 0 aliphatic heterocycles. The Balaban J connectivity index is 2.07. The summed E-state index contributed by atoms with van der Waals surface area (Å²) in [7, 11) is 1.76. The van der Waals surface area contributed by atoms with E-state index >= 15 is 0 Å². The SMILES string of the molecule is Cn1ccc(C(=O)Nc2nc(CCl)cs2)n1. The van der Waals surface area contributed by atoms with Crippen LogP contribution >= 0.6 is 22.9 Å². The van der Waals surface area contributed by atoms with Crippen molar-refractivity contribution < 1.29 is 4.79 Å². The molecule has 1 amide bonds. The summed E-state index contributed by atoms with van der Waals surface area (Å²) in [6.45, 7) is 0. The van der Waals surface area contributed by atoms with Gasteiger partial charge in [-0.3, -0.25) is 14.8 Å². The lowest BCUT2D eigenvalue weighted by molar-refractivity contribution is 0.102. The van der Waals surface area contributed by atoms with Gasteiger partial charge in [0.15, 0.2) is 10.8 Å². The number of hydrogen-bond donors (Lipinski definition) is 1. The van der Waals surface area contributed by atoms with Crippen LogP contribution in [0.4, 0.5) is 5.13 Å². The molecule has 2 rings (SSSR count). The zero-order chi connectivity index (χ0) is 11.5. The lowest BCUT2D eigenvalue weighted by Crippen LogP contribution is -2.12. The molecule has 0 spiro atoms. The Hall–Kier alpha value is -1.40. The molecule has 2 aromatic rings. The third kappa shape index (κ3) is 2.40. The highest BCUT2D eigenvalue weighted by Gasteiger charge is 2.10. The molecular weight excluding hydrogens is 248 g/mol. The minimum absolute atomic E-state index is 0.268. The largest absolute Gasteiger partial charge is 0.296 e. The molecule has 0 aromatic carbocycles.